The molecular formula is C24H22N4O3. The summed E-state index contributed by atoms with van der Waals surface area (Å²) in [6.45, 7) is 0. The van der Waals surface area contributed by atoms with Crippen LogP contribution in [0.15, 0.2) is 72.9 Å². The number of ether oxygens (including phenoxy) is 1. The highest BCUT2D eigenvalue weighted by Gasteiger charge is 2.15. The third-order valence-corrected chi connectivity index (χ3v) is 5.01. The summed E-state index contributed by atoms with van der Waals surface area (Å²) in [5.41, 5.74) is 9.13. The third kappa shape index (κ3) is 4.56. The number of aryl methyl sites for hydroxylation is 1. The maximum Gasteiger partial charge on any atom is 0.288 e. The molecule has 0 fully saturated rings. The van der Waals surface area contributed by atoms with Gasteiger partial charge in [0.05, 0.1) is 7.11 Å². The predicted octanol–water partition coefficient (Wildman–Crippen LogP) is 3.63. The number of carbonyl (C=O) groups is 2. The molecule has 31 heavy (non-hydrogen) atoms. The van der Waals surface area contributed by atoms with Crippen LogP contribution in [-0.4, -0.2) is 28.9 Å². The normalized spacial score (nSPS) is 10.6. The number of H-pyrrole nitrogens is 1. The Bertz CT molecular complexity index is 1200. The molecule has 0 bridgehead atoms. The lowest BCUT2D eigenvalue weighted by atomic mass is 10.0. The lowest BCUT2D eigenvalue weighted by Gasteiger charge is -2.09. The number of benzene rings is 2. The van der Waals surface area contributed by atoms with Crippen molar-refractivity contribution in [3.8, 4) is 17.0 Å². The molecule has 0 atom stereocenters. The summed E-state index contributed by atoms with van der Waals surface area (Å²) in [7, 11) is 1.63. The van der Waals surface area contributed by atoms with Crippen molar-refractivity contribution in [2.45, 2.75) is 12.8 Å². The molecule has 0 saturated heterocycles. The van der Waals surface area contributed by atoms with Crippen LogP contribution in [0.3, 0.4) is 0 Å². The Hall–Kier alpha value is -4.13. The third-order valence-electron chi connectivity index (χ3n) is 5.01. The lowest BCUT2D eigenvalue weighted by molar-refractivity contribution is -0.121. The van der Waals surface area contributed by atoms with Crippen LogP contribution in [0.1, 0.15) is 22.5 Å². The number of para-hydroxylation sites is 1. The Labute approximate surface area is 179 Å². The highest BCUT2D eigenvalue weighted by Crippen LogP contribution is 2.32. The van der Waals surface area contributed by atoms with Crippen LogP contribution in [0.2, 0.25) is 0 Å². The van der Waals surface area contributed by atoms with Crippen LogP contribution in [0, 0.1) is 0 Å². The predicted molar refractivity (Wildman–Crippen MR) is 118 cm³/mol. The Morgan fingerprint density at radius 2 is 1.74 bits per heavy atom. The Balaban J connectivity index is 1.48. The zero-order valence-corrected chi connectivity index (χ0v) is 17.0. The molecular weight excluding hydrogens is 392 g/mol. The van der Waals surface area contributed by atoms with Crippen molar-refractivity contribution in [2.24, 2.45) is 0 Å². The van der Waals surface area contributed by atoms with E-state index in [1.807, 2.05) is 48.5 Å². The van der Waals surface area contributed by atoms with E-state index in [0.29, 0.717) is 6.42 Å². The largest absolute Gasteiger partial charge is 0.497 e. The van der Waals surface area contributed by atoms with Crippen molar-refractivity contribution in [3.05, 3.63) is 84.2 Å². The molecule has 0 aliphatic carbocycles. The van der Waals surface area contributed by atoms with E-state index in [1.54, 1.807) is 25.3 Å². The number of methoxy groups -OCH3 is 1. The van der Waals surface area contributed by atoms with Gasteiger partial charge in [-0.05, 0) is 60.0 Å². The highest BCUT2D eigenvalue weighted by molar-refractivity contribution is 5.94. The second-order valence-corrected chi connectivity index (χ2v) is 6.97. The maximum absolute atomic E-state index is 12.4. The minimum Gasteiger partial charge on any atom is -0.497 e. The number of amides is 2. The van der Waals surface area contributed by atoms with Crippen molar-refractivity contribution in [3.63, 3.8) is 0 Å². The lowest BCUT2D eigenvalue weighted by Crippen LogP contribution is -2.42. The van der Waals surface area contributed by atoms with Gasteiger partial charge in [-0.2, -0.15) is 0 Å². The maximum atomic E-state index is 12.4. The molecule has 2 aromatic heterocycles. The first-order chi connectivity index (χ1) is 15.2. The van der Waals surface area contributed by atoms with Gasteiger partial charge in [-0.1, -0.05) is 24.3 Å². The summed E-state index contributed by atoms with van der Waals surface area (Å²) in [5.74, 6) is 0.0413. The zero-order chi connectivity index (χ0) is 21.6. The van der Waals surface area contributed by atoms with Crippen LogP contribution in [0.25, 0.3) is 22.2 Å². The number of aromatic nitrogens is 2. The number of aromatic amines is 1. The summed E-state index contributed by atoms with van der Waals surface area (Å²) >= 11 is 0. The molecule has 3 N–H and O–H groups in total. The number of hydrogen-bond donors (Lipinski definition) is 3. The van der Waals surface area contributed by atoms with Gasteiger partial charge < -0.3 is 9.72 Å². The zero-order valence-electron chi connectivity index (χ0n) is 17.0. The standard InChI is InChI=1S/C24H22N4O3/c1-31-17-11-9-16(10-12-17)23-19(18-6-2-3-7-20(18)26-23)13-14-22(29)27-28-24(30)21-8-4-5-15-25-21/h2-12,15,26H,13-14H2,1H3,(H,27,29)(H,28,30). The van der Waals surface area contributed by atoms with Gasteiger partial charge in [-0.3, -0.25) is 25.4 Å². The van der Waals surface area contributed by atoms with E-state index in [2.05, 4.69) is 20.8 Å². The van der Waals surface area contributed by atoms with E-state index in [0.717, 1.165) is 33.5 Å². The molecule has 2 amide bonds. The van der Waals surface area contributed by atoms with Gasteiger partial charge in [0.25, 0.3) is 5.91 Å². The van der Waals surface area contributed by atoms with E-state index in [4.69, 9.17) is 4.74 Å². The first-order valence-corrected chi connectivity index (χ1v) is 9.90. The fourth-order valence-electron chi connectivity index (χ4n) is 3.45. The fourth-order valence-corrected chi connectivity index (χ4v) is 3.45. The number of hydrogen-bond acceptors (Lipinski definition) is 4. The molecule has 0 radical (unpaired) electrons. The van der Waals surface area contributed by atoms with E-state index < -0.39 is 5.91 Å². The number of nitrogens with zero attached hydrogens (tertiary/aromatic N) is 1. The number of pyridine rings is 1. The molecule has 7 heteroatoms. The van der Waals surface area contributed by atoms with E-state index in [9.17, 15) is 9.59 Å². The van der Waals surface area contributed by atoms with Crippen LogP contribution < -0.4 is 15.6 Å². The molecule has 0 unspecified atom stereocenters. The summed E-state index contributed by atoms with van der Waals surface area (Å²) in [4.78, 5) is 31.8. The first kappa shape index (κ1) is 20.2. The van der Waals surface area contributed by atoms with Crippen molar-refractivity contribution in [1.82, 2.24) is 20.8 Å². The molecule has 0 aliphatic heterocycles. The van der Waals surface area contributed by atoms with Gasteiger partial charge in [-0.15, -0.1) is 0 Å². The Morgan fingerprint density at radius 3 is 2.48 bits per heavy atom. The average molecular weight is 414 g/mol. The molecule has 0 saturated carbocycles. The topological polar surface area (TPSA) is 96.1 Å². The summed E-state index contributed by atoms with van der Waals surface area (Å²) in [6.07, 6.45) is 2.25. The van der Waals surface area contributed by atoms with E-state index >= 15 is 0 Å². The number of rotatable bonds is 6. The number of fused-ring (bicyclic) bond motifs is 1. The second-order valence-electron chi connectivity index (χ2n) is 6.97. The first-order valence-electron chi connectivity index (χ1n) is 9.90. The van der Waals surface area contributed by atoms with Gasteiger partial charge in [-0.25, -0.2) is 0 Å². The van der Waals surface area contributed by atoms with Gasteiger partial charge in [0.2, 0.25) is 5.91 Å². The minimum atomic E-state index is -0.458. The van der Waals surface area contributed by atoms with Crippen LogP contribution in [0.4, 0.5) is 0 Å². The molecule has 2 aromatic carbocycles. The van der Waals surface area contributed by atoms with Crippen molar-refractivity contribution in [2.75, 3.05) is 7.11 Å². The van der Waals surface area contributed by atoms with E-state index in [-0.39, 0.29) is 18.0 Å². The van der Waals surface area contributed by atoms with Crippen LogP contribution in [-0.2, 0) is 11.2 Å². The van der Waals surface area contributed by atoms with E-state index in [1.165, 1.54) is 6.20 Å². The summed E-state index contributed by atoms with van der Waals surface area (Å²) < 4.78 is 5.25. The second kappa shape index (κ2) is 9.13. The smallest absolute Gasteiger partial charge is 0.288 e. The van der Waals surface area contributed by atoms with Crippen molar-refractivity contribution < 1.29 is 14.3 Å². The number of carbonyl (C=O) groups excluding carboxylic acids is 2. The molecule has 0 spiro atoms. The molecule has 156 valence electrons. The molecule has 4 rings (SSSR count). The van der Waals surface area contributed by atoms with Gasteiger partial charge in [0, 0.05) is 29.2 Å². The molecule has 2 heterocycles. The summed E-state index contributed by atoms with van der Waals surface area (Å²) in [5, 5.41) is 1.07. The summed E-state index contributed by atoms with van der Waals surface area (Å²) in [6, 6.07) is 20.8. The average Bonchev–Trinajstić information content (AvgIpc) is 3.20. The van der Waals surface area contributed by atoms with Crippen LogP contribution in [0.5, 0.6) is 5.75 Å². The highest BCUT2D eigenvalue weighted by atomic mass is 16.5. The van der Waals surface area contributed by atoms with Crippen molar-refractivity contribution in [1.29, 1.82) is 0 Å². The van der Waals surface area contributed by atoms with Gasteiger partial charge in [0.1, 0.15) is 11.4 Å². The number of hydrazine groups is 1. The van der Waals surface area contributed by atoms with Crippen LogP contribution >= 0.6 is 0 Å². The Kier molecular flexibility index (Phi) is 5.93. The molecule has 4 aromatic rings. The van der Waals surface area contributed by atoms with Crippen molar-refractivity contribution >= 4 is 22.7 Å². The monoisotopic (exact) mass is 414 g/mol. The Morgan fingerprint density at radius 1 is 0.968 bits per heavy atom. The SMILES string of the molecule is COc1ccc(-c2[nH]c3ccccc3c2CCC(=O)NNC(=O)c2ccccn2)cc1. The quantitative estimate of drug-likeness (QED) is 0.420. The minimum absolute atomic E-state index is 0.216. The molecule has 7 nitrogen and oxygen atoms in total. The van der Waals surface area contributed by atoms with Gasteiger partial charge in [0.15, 0.2) is 0 Å². The fraction of sp³-hybridized carbons (Fsp3) is 0.125. The van der Waals surface area contributed by atoms with Gasteiger partial charge >= 0.3 is 0 Å². The molecule has 0 aliphatic rings. The number of nitrogens with one attached hydrogen (secondary N) is 3.